The molecule has 0 fully saturated rings. The summed E-state index contributed by atoms with van der Waals surface area (Å²) in [6, 6.07) is 5.78. The molecule has 2 N–H and O–H groups in total. The molecule has 33 heavy (non-hydrogen) atoms. The second-order valence-electron chi connectivity index (χ2n) is 7.54. The van der Waals surface area contributed by atoms with E-state index in [1.807, 2.05) is 0 Å². The summed E-state index contributed by atoms with van der Waals surface area (Å²) in [6.07, 6.45) is 4.26. The van der Waals surface area contributed by atoms with Crippen LogP contribution in [0.15, 0.2) is 50.5 Å². The molecule has 2 atom stereocenters. The van der Waals surface area contributed by atoms with Gasteiger partial charge in [-0.1, -0.05) is 30.0 Å². The Hall–Kier alpha value is -2.41. The van der Waals surface area contributed by atoms with Gasteiger partial charge in [0.1, 0.15) is 14.2 Å². The van der Waals surface area contributed by atoms with E-state index >= 15 is 0 Å². The first-order valence-corrected chi connectivity index (χ1v) is 13.9. The van der Waals surface area contributed by atoms with E-state index in [2.05, 4.69) is 0 Å². The predicted octanol–water partition coefficient (Wildman–Crippen LogP) is 2.14. The molecule has 3 rings (SSSR count). The summed E-state index contributed by atoms with van der Waals surface area (Å²) in [5.74, 6) is -0.696. The van der Waals surface area contributed by atoms with Gasteiger partial charge in [-0.05, 0) is 44.1 Å². The topological polar surface area (TPSA) is 141 Å². The first-order valence-electron chi connectivity index (χ1n) is 10.0. The number of para-hydroxylation sites is 1. The summed E-state index contributed by atoms with van der Waals surface area (Å²) < 4.78 is 54.4. The molecule has 2 aliphatic heterocycles. The number of primary sulfonamides is 1. The van der Waals surface area contributed by atoms with Crippen molar-refractivity contribution in [2.45, 2.75) is 38.5 Å². The second-order valence-corrected chi connectivity index (χ2v) is 12.9. The van der Waals surface area contributed by atoms with E-state index < -0.39 is 43.0 Å². The highest BCUT2D eigenvalue weighted by Crippen LogP contribution is 2.48. The number of sulfonamides is 1. The number of hydrogen-bond donors (Lipinski definition) is 1. The molecule has 1 aromatic rings. The lowest BCUT2D eigenvalue weighted by Gasteiger charge is -2.32. The largest absolute Gasteiger partial charge is 0.426 e. The van der Waals surface area contributed by atoms with Crippen molar-refractivity contribution in [3.05, 3.63) is 56.0 Å². The van der Waals surface area contributed by atoms with Crippen LogP contribution in [0.5, 0.6) is 5.75 Å². The smallest absolute Gasteiger partial charge is 0.308 e. The molecule has 0 aliphatic carbocycles. The molecule has 0 unspecified atom stereocenters. The number of nitrogens with two attached hydrogens (primary N) is 1. The number of likely N-dealkylation sites (N-methyl/N-ethyl adjacent to an activating group) is 1. The molecule has 2 aliphatic rings. The maximum absolute atomic E-state index is 13.1. The van der Waals surface area contributed by atoms with Gasteiger partial charge in [-0.2, -0.15) is 0 Å². The number of ether oxygens (including phenoxy) is 1. The summed E-state index contributed by atoms with van der Waals surface area (Å²) in [5.41, 5.74) is 0.970. The van der Waals surface area contributed by atoms with Crippen molar-refractivity contribution in [2.75, 3.05) is 6.54 Å². The molecule has 9 nitrogen and oxygen atoms in total. The van der Waals surface area contributed by atoms with Gasteiger partial charge in [0.05, 0.1) is 11.3 Å². The fourth-order valence-electron chi connectivity index (χ4n) is 3.63. The van der Waals surface area contributed by atoms with Crippen LogP contribution in [0, 0.1) is 0 Å². The third kappa shape index (κ3) is 5.24. The van der Waals surface area contributed by atoms with Crippen molar-refractivity contribution in [1.29, 1.82) is 0 Å². The van der Waals surface area contributed by atoms with Crippen molar-refractivity contribution in [3.8, 4) is 5.75 Å². The Bertz CT molecular complexity index is 1290. The van der Waals surface area contributed by atoms with Crippen LogP contribution < -0.4 is 9.88 Å². The Morgan fingerprint density at radius 1 is 1.30 bits per heavy atom. The number of benzene rings is 1. The van der Waals surface area contributed by atoms with Gasteiger partial charge in [-0.25, -0.2) is 22.0 Å². The lowest BCUT2D eigenvalue weighted by atomic mass is 10.0. The molecule has 12 heteroatoms. The highest BCUT2D eigenvalue weighted by Gasteiger charge is 2.45. The Kier molecular flexibility index (Phi) is 7.22. The van der Waals surface area contributed by atoms with Gasteiger partial charge < -0.3 is 9.64 Å². The maximum atomic E-state index is 13.1. The number of carbonyl (C=O) groups is 2. The van der Waals surface area contributed by atoms with Crippen LogP contribution in [-0.4, -0.2) is 51.4 Å². The zero-order valence-electron chi connectivity index (χ0n) is 18.2. The predicted molar refractivity (Wildman–Crippen MR) is 127 cm³/mol. The third-order valence-corrected chi connectivity index (χ3v) is 10.6. The van der Waals surface area contributed by atoms with Crippen molar-refractivity contribution in [1.82, 2.24) is 4.90 Å². The Morgan fingerprint density at radius 2 is 1.97 bits per heavy atom. The number of sulfone groups is 1. The molecule has 2 heterocycles. The van der Waals surface area contributed by atoms with Gasteiger partial charge in [0.25, 0.3) is 0 Å². The number of rotatable bonds is 6. The normalized spacial score (nSPS) is 22.1. The van der Waals surface area contributed by atoms with Crippen LogP contribution >= 0.6 is 11.8 Å². The molecule has 178 valence electrons. The first-order chi connectivity index (χ1) is 15.4. The minimum Gasteiger partial charge on any atom is -0.426 e. The van der Waals surface area contributed by atoms with E-state index in [1.54, 1.807) is 38.1 Å². The van der Waals surface area contributed by atoms with Crippen molar-refractivity contribution < 1.29 is 31.2 Å². The van der Waals surface area contributed by atoms with Crippen LogP contribution in [0.1, 0.15) is 32.8 Å². The second kappa shape index (κ2) is 9.45. The van der Waals surface area contributed by atoms with Crippen LogP contribution in [0.4, 0.5) is 0 Å². The molecule has 1 amide bonds. The molecule has 0 aromatic heterocycles. The monoisotopic (exact) mass is 512 g/mol. The van der Waals surface area contributed by atoms with Crippen molar-refractivity contribution >= 4 is 49.6 Å². The fourth-order valence-corrected chi connectivity index (χ4v) is 8.10. The minimum absolute atomic E-state index is 0.0537. The van der Waals surface area contributed by atoms with Gasteiger partial charge in [0.2, 0.25) is 15.9 Å². The Morgan fingerprint density at radius 3 is 2.58 bits per heavy atom. The number of amides is 1. The van der Waals surface area contributed by atoms with E-state index in [0.29, 0.717) is 22.9 Å². The van der Waals surface area contributed by atoms with Crippen LogP contribution in [-0.2, 0) is 29.4 Å². The van der Waals surface area contributed by atoms with Gasteiger partial charge in [0, 0.05) is 25.1 Å². The summed E-state index contributed by atoms with van der Waals surface area (Å²) in [7, 11) is -7.90. The molecule has 0 radical (unpaired) electrons. The first kappa shape index (κ1) is 25.2. The zero-order chi connectivity index (χ0) is 24.6. The lowest BCUT2D eigenvalue weighted by Crippen LogP contribution is -2.41. The number of nitrogens with zero attached hydrogens (tertiary/aromatic N) is 1. The molecular weight excluding hydrogens is 488 g/mol. The van der Waals surface area contributed by atoms with Crippen molar-refractivity contribution in [2.24, 2.45) is 5.14 Å². The van der Waals surface area contributed by atoms with E-state index in [9.17, 15) is 26.4 Å². The highest BCUT2D eigenvalue weighted by molar-refractivity contribution is 8.27. The van der Waals surface area contributed by atoms with Crippen molar-refractivity contribution in [3.63, 3.8) is 0 Å². The summed E-state index contributed by atoms with van der Waals surface area (Å²) in [5, 5.41) is 4.56. The molecular formula is C21H24N2O7S3. The molecule has 0 spiro atoms. The molecule has 0 bridgehead atoms. The summed E-state index contributed by atoms with van der Waals surface area (Å²) in [4.78, 5) is 25.8. The maximum Gasteiger partial charge on any atom is 0.308 e. The zero-order valence-corrected chi connectivity index (χ0v) is 20.7. The summed E-state index contributed by atoms with van der Waals surface area (Å²) >= 11 is 0.616. The van der Waals surface area contributed by atoms with Crippen LogP contribution in [0.25, 0.3) is 6.08 Å². The molecule has 1 aromatic carbocycles. The van der Waals surface area contributed by atoms with Crippen LogP contribution in [0.3, 0.4) is 0 Å². The molecule has 0 saturated carbocycles. The van der Waals surface area contributed by atoms with Gasteiger partial charge in [-0.3, -0.25) is 9.59 Å². The number of thioether (sulfide) groups is 1. The number of carbonyl (C=O) groups excluding carboxylic acids is 2. The number of esters is 1. The number of hydrogen-bond acceptors (Lipinski definition) is 8. The Balaban J connectivity index is 1.99. The van der Waals surface area contributed by atoms with E-state index in [0.717, 1.165) is 0 Å². The molecule has 0 saturated heterocycles. The third-order valence-electron chi connectivity index (χ3n) is 5.22. The van der Waals surface area contributed by atoms with E-state index in [1.165, 1.54) is 30.1 Å². The summed E-state index contributed by atoms with van der Waals surface area (Å²) in [6.45, 7) is 4.70. The average molecular weight is 513 g/mol. The average Bonchev–Trinajstić information content (AvgIpc) is 2.95. The van der Waals surface area contributed by atoms with E-state index in [-0.39, 0.29) is 27.2 Å². The Labute approximate surface area is 197 Å². The van der Waals surface area contributed by atoms with Gasteiger partial charge in [-0.15, -0.1) is 0 Å². The lowest BCUT2D eigenvalue weighted by molar-refractivity contribution is -0.132. The van der Waals surface area contributed by atoms with Crippen LogP contribution in [0.2, 0.25) is 0 Å². The SMILES string of the molecule is CCN(C(=O)/C=C/c1ccccc1OC(C)=O)[C@H]1C=C(S(N)(=O)=O)SC2=C1C[C@H](C)S2(=O)=O. The van der Waals surface area contributed by atoms with Gasteiger partial charge >= 0.3 is 5.97 Å². The van der Waals surface area contributed by atoms with Gasteiger partial charge in [0.15, 0.2) is 9.84 Å². The fraction of sp³-hybridized carbons (Fsp3) is 0.333. The quantitative estimate of drug-likeness (QED) is 0.347. The highest BCUT2D eigenvalue weighted by atomic mass is 32.3. The standard InChI is InChI=1S/C21H24N2O7S3/c1-4-23(19(25)10-9-15-7-5-6-8-18(15)30-14(3)24)17-12-20(33(22,28)29)31-21-16(17)11-13(2)32(21,26)27/h5-10,12-13,17H,4,11H2,1-3H3,(H2,22,28,29)/b10-9+/t13-,17-/m0/s1. The van der Waals surface area contributed by atoms with E-state index in [4.69, 9.17) is 9.88 Å². The minimum atomic E-state index is -4.18.